The molecule has 2 heterocycles. The number of carbonyl (C=O) groups is 1. The molecule has 2 fully saturated rings. The molecule has 0 radical (unpaired) electrons. The van der Waals surface area contributed by atoms with E-state index in [1.165, 1.54) is 19.4 Å². The van der Waals surface area contributed by atoms with Crippen molar-refractivity contribution >= 4 is 6.03 Å². The summed E-state index contributed by atoms with van der Waals surface area (Å²) in [6.07, 6.45) is 4.99. The van der Waals surface area contributed by atoms with Crippen LogP contribution in [0.15, 0.2) is 11.6 Å². The van der Waals surface area contributed by atoms with Gasteiger partial charge in [0.05, 0.1) is 6.04 Å². The van der Waals surface area contributed by atoms with E-state index in [0.29, 0.717) is 12.0 Å². The molecular formula is C15H25N3O. The van der Waals surface area contributed by atoms with Crippen molar-refractivity contribution in [3.8, 4) is 0 Å². The monoisotopic (exact) mass is 263 g/mol. The smallest absolute Gasteiger partial charge is 0.317 e. The summed E-state index contributed by atoms with van der Waals surface area (Å²) < 4.78 is 0. The summed E-state index contributed by atoms with van der Waals surface area (Å²) in [5, 5.41) is 2.95. The van der Waals surface area contributed by atoms with Gasteiger partial charge in [0, 0.05) is 32.7 Å². The van der Waals surface area contributed by atoms with Crippen molar-refractivity contribution in [3.05, 3.63) is 11.6 Å². The van der Waals surface area contributed by atoms with Gasteiger partial charge >= 0.3 is 6.03 Å². The lowest BCUT2D eigenvalue weighted by molar-refractivity contribution is 0.103. The maximum atomic E-state index is 11.6. The third-order valence-corrected chi connectivity index (χ3v) is 5.13. The first-order valence-corrected chi connectivity index (χ1v) is 7.58. The molecule has 2 saturated heterocycles. The van der Waals surface area contributed by atoms with Crippen LogP contribution in [0.2, 0.25) is 0 Å². The van der Waals surface area contributed by atoms with E-state index in [-0.39, 0.29) is 6.03 Å². The van der Waals surface area contributed by atoms with Crippen LogP contribution in [0.4, 0.5) is 4.79 Å². The van der Waals surface area contributed by atoms with E-state index in [9.17, 15) is 4.79 Å². The van der Waals surface area contributed by atoms with Crippen LogP contribution < -0.4 is 5.32 Å². The summed E-state index contributed by atoms with van der Waals surface area (Å²) in [6, 6.07) is 0.524. The number of nitrogens with one attached hydrogen (secondary N) is 1. The highest BCUT2D eigenvalue weighted by atomic mass is 16.2. The third kappa shape index (κ3) is 2.50. The second kappa shape index (κ2) is 5.16. The molecule has 1 aliphatic carbocycles. The van der Waals surface area contributed by atoms with E-state index < -0.39 is 0 Å². The fourth-order valence-electron chi connectivity index (χ4n) is 3.81. The second-order valence-electron chi connectivity index (χ2n) is 6.40. The standard InChI is InChI=1S/C15H25N3O/c1-11-4-3-5-12(2)14(11)10-17-6-7-18-13(9-17)8-16-15(18)19/h4,12-14H,3,5-10H2,1-2H3,(H,16,19)/t12-,13+,14+/m0/s1. The fourth-order valence-corrected chi connectivity index (χ4v) is 3.81. The summed E-state index contributed by atoms with van der Waals surface area (Å²) in [4.78, 5) is 16.2. The van der Waals surface area contributed by atoms with Crippen LogP contribution in [0.25, 0.3) is 0 Å². The van der Waals surface area contributed by atoms with Crippen molar-refractivity contribution in [1.82, 2.24) is 15.1 Å². The Morgan fingerprint density at radius 3 is 3.05 bits per heavy atom. The van der Waals surface area contributed by atoms with Crippen molar-refractivity contribution in [1.29, 1.82) is 0 Å². The molecule has 3 aliphatic rings. The van der Waals surface area contributed by atoms with E-state index in [1.807, 2.05) is 4.90 Å². The number of carbonyl (C=O) groups excluding carboxylic acids is 1. The van der Waals surface area contributed by atoms with Crippen LogP contribution in [0.3, 0.4) is 0 Å². The molecule has 3 rings (SSSR count). The molecule has 2 amide bonds. The molecule has 0 saturated carbocycles. The van der Waals surface area contributed by atoms with Gasteiger partial charge in [-0.15, -0.1) is 0 Å². The predicted molar refractivity (Wildman–Crippen MR) is 76.0 cm³/mol. The molecule has 19 heavy (non-hydrogen) atoms. The Bertz CT molecular complexity index is 393. The Balaban J connectivity index is 1.60. The van der Waals surface area contributed by atoms with Crippen molar-refractivity contribution < 1.29 is 4.79 Å². The number of urea groups is 1. The van der Waals surface area contributed by atoms with Crippen molar-refractivity contribution in [3.63, 3.8) is 0 Å². The van der Waals surface area contributed by atoms with Crippen LogP contribution in [-0.2, 0) is 0 Å². The van der Waals surface area contributed by atoms with Gasteiger partial charge in [0.15, 0.2) is 0 Å². The lowest BCUT2D eigenvalue weighted by atomic mass is 9.79. The average molecular weight is 263 g/mol. The minimum atomic E-state index is 0.131. The molecule has 0 aromatic carbocycles. The fraction of sp³-hybridized carbons (Fsp3) is 0.800. The van der Waals surface area contributed by atoms with Gasteiger partial charge < -0.3 is 10.2 Å². The van der Waals surface area contributed by atoms with E-state index >= 15 is 0 Å². The van der Waals surface area contributed by atoms with Crippen LogP contribution in [-0.4, -0.2) is 54.6 Å². The largest absolute Gasteiger partial charge is 0.336 e. The van der Waals surface area contributed by atoms with Crippen LogP contribution in [0.1, 0.15) is 26.7 Å². The number of rotatable bonds is 2. The highest BCUT2D eigenvalue weighted by Crippen LogP contribution is 2.31. The van der Waals surface area contributed by atoms with Gasteiger partial charge in [-0.1, -0.05) is 18.6 Å². The lowest BCUT2D eigenvalue weighted by Gasteiger charge is -2.40. The van der Waals surface area contributed by atoms with E-state index in [4.69, 9.17) is 0 Å². The average Bonchev–Trinajstić information content (AvgIpc) is 2.76. The Morgan fingerprint density at radius 1 is 1.42 bits per heavy atom. The minimum absolute atomic E-state index is 0.131. The van der Waals surface area contributed by atoms with Crippen LogP contribution >= 0.6 is 0 Å². The van der Waals surface area contributed by atoms with E-state index in [2.05, 4.69) is 30.1 Å². The first-order chi connectivity index (χ1) is 9.15. The van der Waals surface area contributed by atoms with Crippen LogP contribution in [0, 0.1) is 11.8 Å². The molecule has 0 aromatic heterocycles. The molecular weight excluding hydrogens is 238 g/mol. The van der Waals surface area contributed by atoms with Crippen molar-refractivity contribution in [2.45, 2.75) is 32.7 Å². The van der Waals surface area contributed by atoms with Gasteiger partial charge in [-0.25, -0.2) is 4.79 Å². The highest BCUT2D eigenvalue weighted by molar-refractivity contribution is 5.77. The maximum Gasteiger partial charge on any atom is 0.317 e. The first kappa shape index (κ1) is 13.0. The molecule has 2 aliphatic heterocycles. The third-order valence-electron chi connectivity index (χ3n) is 5.13. The van der Waals surface area contributed by atoms with Gasteiger partial charge in [-0.05, 0) is 31.6 Å². The number of piperazine rings is 1. The Kier molecular flexibility index (Phi) is 3.52. The number of allylic oxidation sites excluding steroid dienone is 1. The highest BCUT2D eigenvalue weighted by Gasteiger charge is 2.36. The number of amides is 2. The molecule has 106 valence electrons. The summed E-state index contributed by atoms with van der Waals surface area (Å²) >= 11 is 0. The predicted octanol–water partition coefficient (Wildman–Crippen LogP) is 1.69. The van der Waals surface area contributed by atoms with Gasteiger partial charge in [0.1, 0.15) is 0 Å². The second-order valence-corrected chi connectivity index (χ2v) is 6.40. The summed E-state index contributed by atoms with van der Waals surface area (Å²) in [6.45, 7) is 9.62. The Labute approximate surface area is 115 Å². The van der Waals surface area contributed by atoms with Gasteiger partial charge in [0.2, 0.25) is 0 Å². The zero-order chi connectivity index (χ0) is 13.4. The number of fused-ring (bicyclic) bond motifs is 1. The Morgan fingerprint density at radius 2 is 2.26 bits per heavy atom. The SMILES string of the molecule is CC1=CCC[C@H](C)[C@@H]1CN1CCN2C(=O)NC[C@@H]2C1. The van der Waals surface area contributed by atoms with Gasteiger partial charge in [0.25, 0.3) is 0 Å². The molecule has 1 N–H and O–H groups in total. The molecule has 0 bridgehead atoms. The molecule has 4 nitrogen and oxygen atoms in total. The van der Waals surface area contributed by atoms with E-state index in [0.717, 1.165) is 32.1 Å². The summed E-state index contributed by atoms with van der Waals surface area (Å²) in [7, 11) is 0. The van der Waals surface area contributed by atoms with Crippen molar-refractivity contribution in [2.24, 2.45) is 11.8 Å². The zero-order valence-corrected chi connectivity index (χ0v) is 12.1. The first-order valence-electron chi connectivity index (χ1n) is 7.58. The van der Waals surface area contributed by atoms with Gasteiger partial charge in [-0.3, -0.25) is 4.90 Å². The number of hydrogen-bond donors (Lipinski definition) is 1. The molecule has 0 unspecified atom stereocenters. The van der Waals surface area contributed by atoms with Gasteiger partial charge in [-0.2, -0.15) is 0 Å². The maximum absolute atomic E-state index is 11.6. The van der Waals surface area contributed by atoms with Crippen LogP contribution in [0.5, 0.6) is 0 Å². The summed E-state index contributed by atoms with van der Waals surface area (Å²) in [5.74, 6) is 1.51. The number of hydrogen-bond acceptors (Lipinski definition) is 2. The lowest BCUT2D eigenvalue weighted by Crippen LogP contribution is -2.53. The minimum Gasteiger partial charge on any atom is -0.336 e. The van der Waals surface area contributed by atoms with Crippen molar-refractivity contribution in [2.75, 3.05) is 32.7 Å². The topological polar surface area (TPSA) is 35.6 Å². The quantitative estimate of drug-likeness (QED) is 0.770. The normalized spacial score (nSPS) is 35.9. The molecule has 4 heteroatoms. The molecule has 3 atom stereocenters. The number of nitrogens with zero attached hydrogens (tertiary/aromatic N) is 2. The molecule has 0 aromatic rings. The van der Waals surface area contributed by atoms with E-state index in [1.54, 1.807) is 5.57 Å². The Hall–Kier alpha value is -1.03. The zero-order valence-electron chi connectivity index (χ0n) is 12.1. The molecule has 0 spiro atoms. The summed E-state index contributed by atoms with van der Waals surface area (Å²) in [5.41, 5.74) is 1.57.